The van der Waals surface area contributed by atoms with Crippen LogP contribution in [0.3, 0.4) is 0 Å². The van der Waals surface area contributed by atoms with Crippen molar-refractivity contribution in [3.05, 3.63) is 111 Å². The van der Waals surface area contributed by atoms with Crippen molar-refractivity contribution in [1.82, 2.24) is 14.8 Å². The Morgan fingerprint density at radius 3 is 2.44 bits per heavy atom. The number of hydrogen-bond acceptors (Lipinski definition) is 4. The molecule has 2 atom stereocenters. The molecule has 3 aromatic carbocycles. The first-order chi connectivity index (χ1) is 16.7. The molecule has 4 aromatic rings. The van der Waals surface area contributed by atoms with E-state index in [1.165, 1.54) is 0 Å². The van der Waals surface area contributed by atoms with Gasteiger partial charge in [-0.05, 0) is 54.4 Å². The third kappa shape index (κ3) is 3.24. The minimum atomic E-state index is -0.290. The zero-order chi connectivity index (χ0) is 23.2. The molecule has 0 bridgehead atoms. The first kappa shape index (κ1) is 20.8. The Kier molecular flexibility index (Phi) is 5.00. The molecule has 34 heavy (non-hydrogen) atoms. The maximum atomic E-state index is 6.71. The number of rotatable bonds is 2. The van der Waals surface area contributed by atoms with E-state index in [1.54, 1.807) is 6.33 Å². The third-order valence-corrected chi connectivity index (χ3v) is 6.87. The molecule has 6 rings (SSSR count). The van der Waals surface area contributed by atoms with Crippen molar-refractivity contribution in [2.75, 3.05) is 11.9 Å². The maximum Gasteiger partial charge on any atom is 0.229 e. The van der Waals surface area contributed by atoms with Gasteiger partial charge in [-0.15, -0.1) is 5.92 Å². The smallest absolute Gasteiger partial charge is 0.229 e. The molecule has 0 saturated carbocycles. The number of benzene rings is 3. The molecule has 3 heterocycles. The molecule has 0 spiro atoms. The van der Waals surface area contributed by atoms with E-state index >= 15 is 0 Å². The number of para-hydroxylation sites is 1. The summed E-state index contributed by atoms with van der Waals surface area (Å²) in [4.78, 5) is 6.73. The maximum absolute atomic E-state index is 6.71. The fraction of sp³-hybridized carbons (Fsp3) is 0.143. The molecule has 5 nitrogen and oxygen atoms in total. The summed E-state index contributed by atoms with van der Waals surface area (Å²) in [6.45, 7) is 1.85. The van der Waals surface area contributed by atoms with Crippen molar-refractivity contribution < 1.29 is 4.74 Å². The van der Waals surface area contributed by atoms with Gasteiger partial charge in [-0.25, -0.2) is 4.68 Å². The highest BCUT2D eigenvalue weighted by Gasteiger charge is 2.42. The van der Waals surface area contributed by atoms with E-state index in [2.05, 4.69) is 97.4 Å². The number of fused-ring (bicyclic) bond motifs is 3. The van der Waals surface area contributed by atoms with Crippen molar-refractivity contribution in [1.29, 1.82) is 0 Å². The number of hydrogen-bond donors (Lipinski definition) is 0. The largest absolute Gasteiger partial charge is 0.480 e. The Morgan fingerprint density at radius 1 is 0.941 bits per heavy atom. The second-order valence-corrected chi connectivity index (χ2v) is 9.23. The lowest BCUT2D eigenvalue weighted by atomic mass is 9.84. The fourth-order valence-electron chi connectivity index (χ4n) is 4.88. The van der Waals surface area contributed by atoms with E-state index in [9.17, 15) is 0 Å². The van der Waals surface area contributed by atoms with Crippen LogP contribution in [0, 0.1) is 11.8 Å². The lowest BCUT2D eigenvalue weighted by Gasteiger charge is -2.42. The van der Waals surface area contributed by atoms with Gasteiger partial charge in [0.15, 0.2) is 0 Å². The van der Waals surface area contributed by atoms with Gasteiger partial charge in [-0.1, -0.05) is 58.2 Å². The quantitative estimate of drug-likeness (QED) is 0.311. The Balaban J connectivity index is 1.62. The normalized spacial score (nSPS) is 18.3. The average molecular weight is 509 g/mol. The van der Waals surface area contributed by atoms with E-state index in [4.69, 9.17) is 4.74 Å². The Bertz CT molecular complexity index is 1480. The molecule has 0 N–H and O–H groups in total. The molecule has 2 aliphatic heterocycles. The second kappa shape index (κ2) is 8.19. The Labute approximate surface area is 206 Å². The molecule has 0 unspecified atom stereocenters. The summed E-state index contributed by atoms with van der Waals surface area (Å²) in [6, 6.07) is 24.8. The first-order valence-electron chi connectivity index (χ1n) is 11.1. The van der Waals surface area contributed by atoms with Gasteiger partial charge in [0.2, 0.25) is 5.95 Å². The highest BCUT2D eigenvalue weighted by Crippen LogP contribution is 2.52. The van der Waals surface area contributed by atoms with Crippen molar-refractivity contribution in [2.45, 2.75) is 19.1 Å². The molecule has 6 heteroatoms. The van der Waals surface area contributed by atoms with Crippen molar-refractivity contribution in [3.63, 3.8) is 0 Å². The molecule has 0 aliphatic carbocycles. The number of anilines is 1. The summed E-state index contributed by atoms with van der Waals surface area (Å²) in [7, 11) is 2.05. The van der Waals surface area contributed by atoms with Crippen LogP contribution in [0.15, 0.2) is 89.2 Å². The summed E-state index contributed by atoms with van der Waals surface area (Å²) in [5.74, 6) is 7.76. The predicted molar refractivity (Wildman–Crippen MR) is 136 cm³/mol. The van der Waals surface area contributed by atoms with Crippen LogP contribution in [-0.2, 0) is 0 Å². The number of ether oxygens (including phenoxy) is 1. The number of halogens is 1. The highest BCUT2D eigenvalue weighted by molar-refractivity contribution is 9.10. The number of aromatic nitrogens is 3. The van der Waals surface area contributed by atoms with Crippen molar-refractivity contribution >= 4 is 27.6 Å². The van der Waals surface area contributed by atoms with Crippen LogP contribution in [0.5, 0.6) is 5.75 Å². The van der Waals surface area contributed by atoms with Crippen LogP contribution in [0.1, 0.15) is 41.3 Å². The van der Waals surface area contributed by atoms with Gasteiger partial charge < -0.3 is 9.64 Å². The zero-order valence-corrected chi connectivity index (χ0v) is 20.3. The van der Waals surface area contributed by atoms with Crippen LogP contribution in [-0.4, -0.2) is 21.8 Å². The van der Waals surface area contributed by atoms with Gasteiger partial charge in [-0.3, -0.25) is 0 Å². The summed E-state index contributed by atoms with van der Waals surface area (Å²) in [5.41, 5.74) is 6.48. The molecule has 0 amide bonds. The Morgan fingerprint density at radius 2 is 1.68 bits per heavy atom. The van der Waals surface area contributed by atoms with Gasteiger partial charge in [0.25, 0.3) is 0 Å². The van der Waals surface area contributed by atoms with Crippen LogP contribution < -0.4 is 9.64 Å². The molecule has 1 aromatic heterocycles. The summed E-state index contributed by atoms with van der Waals surface area (Å²) in [6.07, 6.45) is 1.33. The molecule has 0 fully saturated rings. The SMILES string of the molecule is CC#Cc1ccc([C@H]2Oc3ccccc3C3=C2[C@H](c2ccc(Br)cc2)n2ncnc2N3C)cc1. The number of nitrogens with zero attached hydrogens (tertiary/aromatic N) is 4. The standard InChI is InChI=1S/C28H21BrN4O/c1-3-6-18-9-11-20(12-10-18)27-24-25(19-13-15-21(29)16-14-19)33-28(30-17-31-33)32(2)26(24)22-7-4-5-8-23(22)34-27/h4-5,7-17,25,27H,1-2H3/t25-,27+/m0/s1. The molecular formula is C28H21BrN4O. The fourth-order valence-corrected chi connectivity index (χ4v) is 5.14. The summed E-state index contributed by atoms with van der Waals surface area (Å²) < 4.78 is 9.73. The lowest BCUT2D eigenvalue weighted by molar-refractivity contribution is 0.222. The second-order valence-electron chi connectivity index (χ2n) is 8.31. The van der Waals surface area contributed by atoms with E-state index in [1.807, 2.05) is 36.9 Å². The monoisotopic (exact) mass is 508 g/mol. The third-order valence-electron chi connectivity index (χ3n) is 6.34. The predicted octanol–water partition coefficient (Wildman–Crippen LogP) is 6.00. The van der Waals surface area contributed by atoms with Gasteiger partial charge in [-0.2, -0.15) is 10.1 Å². The van der Waals surface area contributed by atoms with Gasteiger partial charge in [0.05, 0.1) is 5.70 Å². The van der Waals surface area contributed by atoms with Crippen molar-refractivity contribution in [2.24, 2.45) is 0 Å². The van der Waals surface area contributed by atoms with E-state index in [0.717, 1.165) is 49.7 Å². The van der Waals surface area contributed by atoms with Crippen LogP contribution in [0.4, 0.5) is 5.95 Å². The van der Waals surface area contributed by atoms with Crippen LogP contribution >= 0.6 is 15.9 Å². The van der Waals surface area contributed by atoms with Gasteiger partial charge in [0, 0.05) is 28.2 Å². The van der Waals surface area contributed by atoms with E-state index in [0.29, 0.717) is 0 Å². The molecule has 0 saturated heterocycles. The zero-order valence-electron chi connectivity index (χ0n) is 18.7. The summed E-state index contributed by atoms with van der Waals surface area (Å²) in [5, 5.41) is 4.65. The highest BCUT2D eigenvalue weighted by atomic mass is 79.9. The first-order valence-corrected chi connectivity index (χ1v) is 11.9. The van der Waals surface area contributed by atoms with Crippen LogP contribution in [0.25, 0.3) is 5.70 Å². The van der Waals surface area contributed by atoms with E-state index in [-0.39, 0.29) is 12.1 Å². The van der Waals surface area contributed by atoms with Gasteiger partial charge >= 0.3 is 0 Å². The summed E-state index contributed by atoms with van der Waals surface area (Å²) >= 11 is 3.57. The Hall–Kier alpha value is -3.82. The van der Waals surface area contributed by atoms with Crippen LogP contribution in [0.2, 0.25) is 0 Å². The molecular weight excluding hydrogens is 488 g/mol. The minimum Gasteiger partial charge on any atom is -0.480 e. The van der Waals surface area contributed by atoms with Crippen molar-refractivity contribution in [3.8, 4) is 17.6 Å². The molecule has 166 valence electrons. The average Bonchev–Trinajstić information content (AvgIpc) is 3.35. The topological polar surface area (TPSA) is 43.2 Å². The van der Waals surface area contributed by atoms with Gasteiger partial charge in [0.1, 0.15) is 24.2 Å². The minimum absolute atomic E-state index is 0.162. The van der Waals surface area contributed by atoms with E-state index < -0.39 is 0 Å². The molecule has 2 aliphatic rings. The molecule has 0 radical (unpaired) electrons. The lowest BCUT2D eigenvalue weighted by Crippen LogP contribution is -2.37.